The number of nitriles is 1. The predicted molar refractivity (Wildman–Crippen MR) is 40.2 cm³/mol. The molecule has 11 heavy (non-hydrogen) atoms. The van der Waals surface area contributed by atoms with Gasteiger partial charge in [-0.05, 0) is 6.26 Å². The summed E-state index contributed by atoms with van der Waals surface area (Å²) in [5.41, 5.74) is 0.246. The lowest BCUT2D eigenvalue weighted by Gasteiger charge is -1.96. The van der Waals surface area contributed by atoms with E-state index in [0.717, 1.165) is 0 Å². The van der Waals surface area contributed by atoms with E-state index >= 15 is 0 Å². The van der Waals surface area contributed by atoms with Gasteiger partial charge in [0, 0.05) is 6.07 Å². The van der Waals surface area contributed by atoms with Crippen molar-refractivity contribution in [3.8, 4) is 11.9 Å². The van der Waals surface area contributed by atoms with E-state index in [9.17, 15) is 0 Å². The van der Waals surface area contributed by atoms with Crippen molar-refractivity contribution < 1.29 is 5.11 Å². The van der Waals surface area contributed by atoms with Gasteiger partial charge in [0.1, 0.15) is 6.07 Å². The first kappa shape index (κ1) is 7.82. The van der Waals surface area contributed by atoms with Crippen molar-refractivity contribution in [3.05, 3.63) is 11.8 Å². The molecule has 1 aromatic rings. The summed E-state index contributed by atoms with van der Waals surface area (Å²) >= 11 is 1.35. The number of thioether (sulfide) groups is 1. The molecule has 0 amide bonds. The number of aromatic nitrogens is 2. The molecule has 0 aliphatic carbocycles. The Kier molecular flexibility index (Phi) is 2.28. The van der Waals surface area contributed by atoms with Crippen LogP contribution < -0.4 is 0 Å². The van der Waals surface area contributed by atoms with Gasteiger partial charge in [0.15, 0.2) is 5.69 Å². The van der Waals surface area contributed by atoms with Crippen LogP contribution in [0.15, 0.2) is 11.0 Å². The van der Waals surface area contributed by atoms with Crippen molar-refractivity contribution in [1.82, 2.24) is 10.2 Å². The minimum atomic E-state index is -0.159. The van der Waals surface area contributed by atoms with Crippen molar-refractivity contribution >= 4 is 11.8 Å². The molecule has 1 heterocycles. The molecule has 0 unspecified atom stereocenters. The minimum Gasteiger partial charge on any atom is -0.492 e. The monoisotopic (exact) mass is 167 g/mol. The van der Waals surface area contributed by atoms with Crippen LogP contribution in [-0.2, 0) is 0 Å². The molecular weight excluding hydrogens is 162 g/mol. The highest BCUT2D eigenvalue weighted by atomic mass is 32.2. The second-order valence-corrected chi connectivity index (χ2v) is 2.58. The maximum absolute atomic E-state index is 8.87. The Labute approximate surface area is 67.9 Å². The molecule has 0 saturated heterocycles. The molecule has 0 saturated carbocycles. The summed E-state index contributed by atoms with van der Waals surface area (Å²) in [5, 5.41) is 24.2. The summed E-state index contributed by atoms with van der Waals surface area (Å²) in [5.74, 6) is -0.159. The first-order chi connectivity index (χ1) is 5.27. The standard InChI is InChI=1S/C6H5N3OS/c1-11-5-2-6(10)9-8-4(5)3-7/h2H,1H3,(H,9,10). The SMILES string of the molecule is CSc1cc(O)nnc1C#N. The number of rotatable bonds is 1. The molecule has 0 aliphatic heterocycles. The molecule has 0 aromatic carbocycles. The van der Waals surface area contributed by atoms with Crippen LogP contribution in [0.5, 0.6) is 5.88 Å². The Morgan fingerprint density at radius 1 is 1.64 bits per heavy atom. The highest BCUT2D eigenvalue weighted by Crippen LogP contribution is 2.19. The van der Waals surface area contributed by atoms with Gasteiger partial charge in [-0.1, -0.05) is 0 Å². The Balaban J connectivity index is 3.19. The van der Waals surface area contributed by atoms with Crippen LogP contribution in [0.2, 0.25) is 0 Å². The van der Waals surface area contributed by atoms with E-state index in [4.69, 9.17) is 10.4 Å². The van der Waals surface area contributed by atoms with E-state index in [2.05, 4.69) is 10.2 Å². The zero-order valence-corrected chi connectivity index (χ0v) is 6.59. The normalized spacial score (nSPS) is 9.09. The van der Waals surface area contributed by atoms with Gasteiger partial charge in [-0.25, -0.2) is 0 Å². The average Bonchev–Trinajstić information content (AvgIpc) is 2.04. The Morgan fingerprint density at radius 3 is 2.91 bits per heavy atom. The third-order valence-corrected chi connectivity index (χ3v) is 1.82. The van der Waals surface area contributed by atoms with E-state index in [1.54, 1.807) is 6.26 Å². The second-order valence-electron chi connectivity index (χ2n) is 1.73. The van der Waals surface area contributed by atoms with Crippen molar-refractivity contribution in [3.63, 3.8) is 0 Å². The van der Waals surface area contributed by atoms with E-state index < -0.39 is 0 Å². The molecule has 0 atom stereocenters. The van der Waals surface area contributed by atoms with Crippen LogP contribution in [0, 0.1) is 11.3 Å². The maximum atomic E-state index is 8.87. The van der Waals surface area contributed by atoms with Crippen molar-refractivity contribution in [2.75, 3.05) is 6.26 Å². The van der Waals surface area contributed by atoms with Crippen LogP contribution in [0.4, 0.5) is 0 Å². The summed E-state index contributed by atoms with van der Waals surface area (Å²) in [4.78, 5) is 0.639. The Morgan fingerprint density at radius 2 is 2.36 bits per heavy atom. The smallest absolute Gasteiger partial charge is 0.232 e. The summed E-state index contributed by atoms with van der Waals surface area (Å²) < 4.78 is 0. The lowest BCUT2D eigenvalue weighted by molar-refractivity contribution is 0.442. The first-order valence-electron chi connectivity index (χ1n) is 2.78. The second kappa shape index (κ2) is 3.21. The van der Waals surface area contributed by atoms with Gasteiger partial charge < -0.3 is 5.11 Å². The van der Waals surface area contributed by atoms with Crippen LogP contribution >= 0.6 is 11.8 Å². The van der Waals surface area contributed by atoms with Gasteiger partial charge in [0.2, 0.25) is 5.88 Å². The van der Waals surface area contributed by atoms with Gasteiger partial charge in [0.25, 0.3) is 0 Å². The lowest BCUT2D eigenvalue weighted by Crippen LogP contribution is -1.89. The fraction of sp³-hybridized carbons (Fsp3) is 0.167. The average molecular weight is 167 g/mol. The van der Waals surface area contributed by atoms with Gasteiger partial charge in [0.05, 0.1) is 4.90 Å². The fourth-order valence-corrected chi connectivity index (χ4v) is 1.10. The van der Waals surface area contributed by atoms with Gasteiger partial charge >= 0.3 is 0 Å². The van der Waals surface area contributed by atoms with Crippen molar-refractivity contribution in [2.24, 2.45) is 0 Å². The largest absolute Gasteiger partial charge is 0.492 e. The number of nitrogens with zero attached hydrogens (tertiary/aromatic N) is 3. The summed E-state index contributed by atoms with van der Waals surface area (Å²) in [6.07, 6.45) is 1.80. The molecular formula is C6H5N3OS. The molecule has 0 radical (unpaired) electrons. The molecule has 5 heteroatoms. The molecule has 0 aliphatic rings. The summed E-state index contributed by atoms with van der Waals surface area (Å²) in [6, 6.07) is 3.28. The first-order valence-corrected chi connectivity index (χ1v) is 4.01. The highest BCUT2D eigenvalue weighted by molar-refractivity contribution is 7.98. The number of aromatic hydroxyl groups is 1. The molecule has 56 valence electrons. The number of hydrogen-bond donors (Lipinski definition) is 1. The zero-order valence-electron chi connectivity index (χ0n) is 5.77. The third-order valence-electron chi connectivity index (χ3n) is 1.07. The van der Waals surface area contributed by atoms with Gasteiger partial charge in [-0.2, -0.15) is 5.26 Å². The zero-order chi connectivity index (χ0) is 8.27. The molecule has 1 aromatic heterocycles. The van der Waals surface area contributed by atoms with Crippen LogP contribution in [0.1, 0.15) is 5.69 Å². The highest BCUT2D eigenvalue weighted by Gasteiger charge is 2.03. The molecule has 0 spiro atoms. The van der Waals surface area contributed by atoms with Gasteiger partial charge in [-0.15, -0.1) is 22.0 Å². The van der Waals surface area contributed by atoms with E-state index in [0.29, 0.717) is 4.90 Å². The lowest BCUT2D eigenvalue weighted by atomic mass is 10.4. The molecule has 4 nitrogen and oxygen atoms in total. The Bertz CT molecular complexity index is 307. The third kappa shape index (κ3) is 1.59. The van der Waals surface area contributed by atoms with Crippen LogP contribution in [-0.4, -0.2) is 21.6 Å². The molecule has 0 bridgehead atoms. The molecule has 0 fully saturated rings. The topological polar surface area (TPSA) is 69.8 Å². The fourth-order valence-electron chi connectivity index (χ4n) is 0.598. The quantitative estimate of drug-likeness (QED) is 0.626. The number of hydrogen-bond acceptors (Lipinski definition) is 5. The van der Waals surface area contributed by atoms with Crippen LogP contribution in [0.25, 0.3) is 0 Å². The Hall–Kier alpha value is -1.28. The van der Waals surface area contributed by atoms with Crippen LogP contribution in [0.3, 0.4) is 0 Å². The van der Waals surface area contributed by atoms with Crippen molar-refractivity contribution in [2.45, 2.75) is 4.90 Å². The predicted octanol–water partition coefficient (Wildman–Crippen LogP) is 0.776. The molecule has 1 N–H and O–H groups in total. The summed E-state index contributed by atoms with van der Waals surface area (Å²) in [7, 11) is 0. The van der Waals surface area contributed by atoms with E-state index in [-0.39, 0.29) is 11.6 Å². The minimum absolute atomic E-state index is 0.159. The van der Waals surface area contributed by atoms with Gasteiger partial charge in [-0.3, -0.25) is 0 Å². The summed E-state index contributed by atoms with van der Waals surface area (Å²) in [6.45, 7) is 0. The van der Waals surface area contributed by atoms with E-state index in [1.807, 2.05) is 6.07 Å². The van der Waals surface area contributed by atoms with Crippen molar-refractivity contribution in [1.29, 1.82) is 5.26 Å². The van der Waals surface area contributed by atoms with E-state index in [1.165, 1.54) is 17.8 Å². The maximum Gasteiger partial charge on any atom is 0.232 e. The molecule has 1 rings (SSSR count).